The van der Waals surface area contributed by atoms with Crippen molar-refractivity contribution in [2.45, 2.75) is 217 Å². The zero-order valence-electron chi connectivity index (χ0n) is 68.8. The van der Waals surface area contributed by atoms with E-state index >= 15 is 0 Å². The number of hydrogen-bond donors (Lipinski definition) is 0. The molecule has 0 spiro atoms. The zero-order chi connectivity index (χ0) is 79.2. The lowest BCUT2D eigenvalue weighted by Gasteiger charge is -2.36. The van der Waals surface area contributed by atoms with Gasteiger partial charge in [0.1, 0.15) is 0 Å². The van der Waals surface area contributed by atoms with Gasteiger partial charge in [-0.15, -0.1) is 0 Å². The summed E-state index contributed by atoms with van der Waals surface area (Å²) in [5.74, 6) is 0. The van der Waals surface area contributed by atoms with Crippen molar-refractivity contribution >= 4 is 57.0 Å². The molecule has 114 heavy (non-hydrogen) atoms. The quantitative estimate of drug-likeness (QED) is 0.0501. The normalized spacial score (nSPS) is 17.6. The molecule has 2 fully saturated rings. The summed E-state index contributed by atoms with van der Waals surface area (Å²) in [6, 6.07) is 102. The first-order valence-corrected chi connectivity index (χ1v) is 44.0. The van der Waals surface area contributed by atoms with E-state index in [0.29, 0.717) is 0 Å². The van der Waals surface area contributed by atoms with Gasteiger partial charge in [0.15, 0.2) is 0 Å². The molecule has 12 aromatic rings. The molecule has 0 amide bonds. The Morgan fingerprint density at radius 1 is 0.254 bits per heavy atom. The second-order valence-corrected chi connectivity index (χ2v) is 37.4. The summed E-state index contributed by atoms with van der Waals surface area (Å²) in [5.41, 5.74) is 30.5. The number of fused-ring (bicyclic) bond motifs is 12. The Morgan fingerprint density at radius 2 is 0.500 bits per heavy atom. The van der Waals surface area contributed by atoms with Gasteiger partial charge < -0.3 is 18.6 Å². The van der Waals surface area contributed by atoms with Gasteiger partial charge in [0.05, 0.1) is 38.6 Å². The van der Waals surface area contributed by atoms with Crippen LogP contribution in [-0.2, 0) is 40.3 Å². The third-order valence-electron chi connectivity index (χ3n) is 27.8. The molecular formula is C106H108B2Br2O4. The molecule has 6 aliphatic rings. The smallest absolute Gasteiger partial charge is 0.399 e. The lowest BCUT2D eigenvalue weighted by Crippen LogP contribution is -2.41. The van der Waals surface area contributed by atoms with Crippen LogP contribution in [0, 0.1) is 13.8 Å². The molecule has 4 aliphatic carbocycles. The van der Waals surface area contributed by atoms with Crippen molar-refractivity contribution in [3.8, 4) is 44.5 Å². The van der Waals surface area contributed by atoms with Crippen LogP contribution in [0.15, 0.2) is 276 Å². The van der Waals surface area contributed by atoms with Crippen LogP contribution < -0.4 is 10.9 Å². The first kappa shape index (κ1) is 78.1. The van der Waals surface area contributed by atoms with Gasteiger partial charge >= 0.3 is 14.2 Å². The second-order valence-electron chi connectivity index (χ2n) is 35.6. The van der Waals surface area contributed by atoms with Gasteiger partial charge in [0.2, 0.25) is 0 Å². The van der Waals surface area contributed by atoms with Gasteiger partial charge in [-0.25, -0.2) is 0 Å². The van der Waals surface area contributed by atoms with E-state index in [4.69, 9.17) is 18.6 Å². The number of aryl methyl sites for hydroxylation is 2. The maximum atomic E-state index is 6.57. The molecule has 0 unspecified atom stereocenters. The van der Waals surface area contributed by atoms with Gasteiger partial charge in [-0.1, -0.05) is 352 Å². The number of benzene rings is 12. The summed E-state index contributed by atoms with van der Waals surface area (Å²) in [6.07, 6.45) is 18.5. The van der Waals surface area contributed by atoms with Crippen molar-refractivity contribution in [2.24, 2.45) is 0 Å². The van der Waals surface area contributed by atoms with Gasteiger partial charge in [-0.2, -0.15) is 0 Å². The van der Waals surface area contributed by atoms with E-state index in [9.17, 15) is 0 Å². The highest BCUT2D eigenvalue weighted by atomic mass is 79.9. The molecule has 2 aliphatic heterocycles. The molecule has 18 rings (SSSR count). The van der Waals surface area contributed by atoms with Crippen LogP contribution in [0.2, 0.25) is 0 Å². The molecule has 0 aromatic heterocycles. The number of hydrogen-bond acceptors (Lipinski definition) is 4. The van der Waals surface area contributed by atoms with E-state index in [-0.39, 0.29) is 5.41 Å². The highest BCUT2D eigenvalue weighted by Gasteiger charge is 2.57. The Labute approximate surface area is 696 Å². The van der Waals surface area contributed by atoms with E-state index in [1.54, 1.807) is 11.1 Å². The third-order valence-corrected chi connectivity index (χ3v) is 28.9. The van der Waals surface area contributed by atoms with Crippen LogP contribution in [0.5, 0.6) is 0 Å². The van der Waals surface area contributed by atoms with Crippen LogP contribution in [0.25, 0.3) is 44.5 Å². The van der Waals surface area contributed by atoms with Crippen molar-refractivity contribution in [3.63, 3.8) is 0 Å². The molecule has 2 heterocycles. The average Bonchev–Trinajstić information content (AvgIpc) is 1.52. The molecule has 12 aromatic carbocycles. The minimum Gasteiger partial charge on any atom is -0.399 e. The van der Waals surface area contributed by atoms with Gasteiger partial charge in [0, 0.05) is 14.4 Å². The number of rotatable bonds is 22. The predicted octanol–water partition coefficient (Wildman–Crippen LogP) is 27.0. The fourth-order valence-corrected chi connectivity index (χ4v) is 21.0. The summed E-state index contributed by atoms with van der Waals surface area (Å²) < 4.78 is 28.5. The van der Waals surface area contributed by atoms with Crippen LogP contribution >= 0.6 is 31.9 Å². The van der Waals surface area contributed by atoms with Crippen molar-refractivity contribution < 1.29 is 18.6 Å². The molecule has 576 valence electrons. The van der Waals surface area contributed by atoms with Crippen LogP contribution in [0.3, 0.4) is 0 Å². The highest BCUT2D eigenvalue weighted by molar-refractivity contribution is 9.10. The summed E-state index contributed by atoms with van der Waals surface area (Å²) >= 11 is 7.48. The summed E-state index contributed by atoms with van der Waals surface area (Å²) in [7, 11) is -0.928. The summed E-state index contributed by atoms with van der Waals surface area (Å²) in [4.78, 5) is 0. The molecule has 2 saturated heterocycles. The summed E-state index contributed by atoms with van der Waals surface area (Å²) in [6.45, 7) is 25.9. The summed E-state index contributed by atoms with van der Waals surface area (Å²) in [5, 5.41) is 0. The van der Waals surface area contributed by atoms with Gasteiger partial charge in [-0.3, -0.25) is 0 Å². The third kappa shape index (κ3) is 12.8. The molecule has 8 heteroatoms. The first-order valence-electron chi connectivity index (χ1n) is 42.4. The zero-order valence-corrected chi connectivity index (χ0v) is 72.0. The Hall–Kier alpha value is -8.43. The fourth-order valence-electron chi connectivity index (χ4n) is 20.5. The maximum absolute atomic E-state index is 6.57. The monoisotopic (exact) mass is 1620 g/mol. The Bertz CT molecular complexity index is 5320. The average molecular weight is 1630 g/mol. The lowest BCUT2D eigenvalue weighted by atomic mass is 9.65. The van der Waals surface area contributed by atoms with Crippen molar-refractivity contribution in [1.29, 1.82) is 0 Å². The molecule has 0 bridgehead atoms. The number of halogens is 2. The topological polar surface area (TPSA) is 36.9 Å². The molecule has 0 atom stereocenters. The molecule has 4 nitrogen and oxygen atoms in total. The SMILES string of the molecule is CCCCCCCCC1(CCCCCCCC)c2ccccc2-c2cc3c(cc21)-c1ccccc1C3(c1ccc(Br)cc1)c1ccc(Br)cc1.Cc1ccc(C2(c3ccc(C)cc3)c3ccccc3-c3cc4c(cc32)-c2ccccc2C4(c2ccc(B3OC(C)(C)C(C)(C)O3)cc2)c2ccc(B3OC(C)(C)C(C)(C)O3)cc2)cc1. The van der Waals surface area contributed by atoms with Crippen LogP contribution in [0.1, 0.15) is 248 Å². The first-order chi connectivity index (χ1) is 55.0. The highest BCUT2D eigenvalue weighted by Crippen LogP contribution is 2.65. The fraction of sp³-hybridized carbons (Fsp3) is 0.321. The standard InChI is InChI=1S/C58H56B2O4.C48H52Br2/c1-37-19-23-39(24-20-37)57(40-25-21-38(2)22-26-40)49-17-13-11-15-45(49)47-36-52-48(35-51(47)57)46-16-12-14-18-50(46)58(52,41-27-31-43(32-28-41)59-61-53(3,4)54(5,6)62-59)42-29-33-44(34-30-42)60-63-55(7,8)56(9,10)64-60;1-3-5-7-9-11-17-31-47(32-18-12-10-8-6-4-2)43-21-15-13-19-39(43)41-34-46-42(33-45(41)47)40-20-14-16-22-44(40)48(46,35-23-27-37(49)28-24-35)36-25-29-38(50)30-26-36/h11-36H,1-10H3;13-16,19-30,33-34H,3-12,17-18,31-32H2,1-2H3. The van der Waals surface area contributed by atoms with E-state index in [2.05, 4.69) is 382 Å². The Balaban J connectivity index is 0.000000170. The van der Waals surface area contributed by atoms with E-state index in [0.717, 1.165) is 19.9 Å². The van der Waals surface area contributed by atoms with Crippen molar-refractivity contribution in [1.82, 2.24) is 0 Å². The van der Waals surface area contributed by atoms with Gasteiger partial charge in [-0.05, 0) is 264 Å². The van der Waals surface area contributed by atoms with Crippen LogP contribution in [-0.4, -0.2) is 36.6 Å². The Kier molecular flexibility index (Phi) is 20.9. The van der Waals surface area contributed by atoms with E-state index < -0.39 is 52.9 Å². The van der Waals surface area contributed by atoms with E-state index in [1.807, 2.05) is 0 Å². The van der Waals surface area contributed by atoms with Crippen molar-refractivity contribution in [2.75, 3.05) is 0 Å². The lowest BCUT2D eigenvalue weighted by molar-refractivity contribution is 0.00578. The molecular weight excluding hydrogens is 1520 g/mol. The Morgan fingerprint density at radius 3 is 0.816 bits per heavy atom. The molecule has 0 saturated carbocycles. The minimum atomic E-state index is -0.669. The molecule has 0 N–H and O–H groups in total. The van der Waals surface area contributed by atoms with Crippen molar-refractivity contribution in [3.05, 3.63) is 365 Å². The van der Waals surface area contributed by atoms with Gasteiger partial charge in [0.25, 0.3) is 0 Å². The molecule has 0 radical (unpaired) electrons. The second kappa shape index (κ2) is 30.6. The predicted molar refractivity (Wildman–Crippen MR) is 483 cm³/mol. The van der Waals surface area contributed by atoms with E-state index in [1.165, 1.54) is 212 Å². The minimum absolute atomic E-state index is 0.0614. The maximum Gasteiger partial charge on any atom is 0.494 e. The van der Waals surface area contributed by atoms with Crippen LogP contribution in [0.4, 0.5) is 0 Å². The number of unbranched alkanes of at least 4 members (excludes halogenated alkanes) is 10. The largest absolute Gasteiger partial charge is 0.494 e.